The molecule has 4 rings (SSSR count). The number of aryl methyl sites for hydroxylation is 2. The van der Waals surface area contributed by atoms with Crippen molar-refractivity contribution in [3.05, 3.63) is 46.1 Å². The van der Waals surface area contributed by atoms with Crippen molar-refractivity contribution in [1.29, 1.82) is 0 Å². The van der Waals surface area contributed by atoms with Crippen LogP contribution in [0.15, 0.2) is 29.2 Å². The van der Waals surface area contributed by atoms with E-state index in [2.05, 4.69) is 16.0 Å². The van der Waals surface area contributed by atoms with Crippen LogP contribution < -0.4 is 21.3 Å². The van der Waals surface area contributed by atoms with Gasteiger partial charge in [-0.1, -0.05) is 0 Å². The van der Waals surface area contributed by atoms with E-state index in [1.807, 2.05) is 12.1 Å². The summed E-state index contributed by atoms with van der Waals surface area (Å²) < 4.78 is 48.7. The second kappa shape index (κ2) is 9.70. The van der Waals surface area contributed by atoms with Crippen LogP contribution in [0.5, 0.6) is 5.75 Å². The molecule has 0 spiro atoms. The molecule has 1 aromatic carbocycles. The van der Waals surface area contributed by atoms with E-state index in [0.717, 1.165) is 21.9 Å². The van der Waals surface area contributed by atoms with Crippen molar-refractivity contribution >= 4 is 22.8 Å². The molecule has 1 fully saturated rings. The van der Waals surface area contributed by atoms with Gasteiger partial charge in [-0.2, -0.15) is 18.3 Å². The van der Waals surface area contributed by atoms with Crippen molar-refractivity contribution in [2.75, 3.05) is 7.11 Å². The molecule has 2 heterocycles. The number of nitrogens with one attached hydrogen (secondary N) is 2. The fraction of sp³-hybridized carbons (Fsp3) is 0.478. The van der Waals surface area contributed by atoms with E-state index >= 15 is 0 Å². The van der Waals surface area contributed by atoms with Crippen LogP contribution >= 0.6 is 0 Å². The first-order chi connectivity index (χ1) is 17.0. The highest BCUT2D eigenvalue weighted by atomic mass is 19.4. The molecule has 0 saturated heterocycles. The van der Waals surface area contributed by atoms with Gasteiger partial charge >= 0.3 is 11.9 Å². The predicted molar refractivity (Wildman–Crippen MR) is 123 cm³/mol. The Labute approximate surface area is 204 Å². The third-order valence-corrected chi connectivity index (χ3v) is 6.65. The minimum atomic E-state index is -4.80. The normalized spacial score (nSPS) is 18.3. The molecule has 0 radical (unpaired) electrons. The Kier molecular flexibility index (Phi) is 6.83. The van der Waals surface area contributed by atoms with Crippen molar-refractivity contribution in [1.82, 2.24) is 29.8 Å². The van der Waals surface area contributed by atoms with Crippen molar-refractivity contribution in [3.8, 4) is 5.75 Å². The van der Waals surface area contributed by atoms with Crippen LogP contribution in [0.2, 0.25) is 0 Å². The van der Waals surface area contributed by atoms with E-state index in [4.69, 9.17) is 4.74 Å². The van der Waals surface area contributed by atoms with E-state index in [1.165, 1.54) is 7.05 Å². The standard InChI is InChI=1S/C23H27F3N6O4/c1-30-12-16(19(29-30)23(24,25)26)21(34)28-27-20(33)14-6-4-13(5-7-14)11-32-18-10-15(36-3)8-9-17(18)31(2)22(32)35/h8-10,12-14H,4-7,11H2,1-3H3,(H,27,33)(H,28,34). The molecule has 1 aliphatic carbocycles. The number of nitrogens with zero attached hydrogens (tertiary/aromatic N) is 4. The number of benzene rings is 1. The van der Waals surface area contributed by atoms with Gasteiger partial charge in [-0.25, -0.2) is 4.79 Å². The summed E-state index contributed by atoms with van der Waals surface area (Å²) in [6, 6.07) is 5.46. The van der Waals surface area contributed by atoms with Crippen LogP contribution in [0.1, 0.15) is 41.7 Å². The van der Waals surface area contributed by atoms with Gasteiger partial charge in [-0.05, 0) is 43.7 Å². The maximum Gasteiger partial charge on any atom is 0.435 e. The highest BCUT2D eigenvalue weighted by molar-refractivity contribution is 5.96. The van der Waals surface area contributed by atoms with Crippen LogP contribution in [0.25, 0.3) is 11.0 Å². The first-order valence-electron chi connectivity index (χ1n) is 11.4. The third kappa shape index (κ3) is 4.95. The Morgan fingerprint density at radius 3 is 2.44 bits per heavy atom. The molecule has 10 nitrogen and oxygen atoms in total. The second-order valence-electron chi connectivity index (χ2n) is 9.03. The molecule has 3 aromatic rings. The summed E-state index contributed by atoms with van der Waals surface area (Å²) in [6.07, 6.45) is -1.45. The molecule has 2 amide bonds. The molecule has 0 atom stereocenters. The topological polar surface area (TPSA) is 112 Å². The quantitative estimate of drug-likeness (QED) is 0.514. The molecular weight excluding hydrogens is 481 g/mol. The van der Waals surface area contributed by atoms with Gasteiger partial charge in [-0.3, -0.25) is 34.3 Å². The monoisotopic (exact) mass is 508 g/mol. The number of halogens is 3. The molecule has 0 bridgehead atoms. The Morgan fingerprint density at radius 2 is 1.81 bits per heavy atom. The summed E-state index contributed by atoms with van der Waals surface area (Å²) in [5.74, 6) is -1.14. The van der Waals surface area contributed by atoms with Gasteiger partial charge in [0.05, 0.1) is 23.7 Å². The van der Waals surface area contributed by atoms with Gasteiger partial charge in [0.1, 0.15) is 5.75 Å². The van der Waals surface area contributed by atoms with Crippen molar-refractivity contribution in [2.45, 2.75) is 38.4 Å². The Balaban J connectivity index is 1.34. The largest absolute Gasteiger partial charge is 0.497 e. The summed E-state index contributed by atoms with van der Waals surface area (Å²) >= 11 is 0. The zero-order chi connectivity index (χ0) is 26.2. The number of hydrogen-bond acceptors (Lipinski definition) is 5. The minimum absolute atomic E-state index is 0.130. The fourth-order valence-corrected chi connectivity index (χ4v) is 4.71. The number of hydrazine groups is 1. The van der Waals surface area contributed by atoms with E-state index < -0.39 is 35.2 Å². The van der Waals surface area contributed by atoms with Crippen LogP contribution in [0.4, 0.5) is 13.2 Å². The lowest BCUT2D eigenvalue weighted by Crippen LogP contribution is -2.45. The van der Waals surface area contributed by atoms with Crippen molar-refractivity contribution < 1.29 is 27.5 Å². The number of carbonyl (C=O) groups excluding carboxylic acids is 2. The Hall–Kier alpha value is -3.77. The average Bonchev–Trinajstić information content (AvgIpc) is 3.36. The summed E-state index contributed by atoms with van der Waals surface area (Å²) in [4.78, 5) is 37.6. The number of carbonyl (C=O) groups is 2. The molecule has 1 aliphatic rings. The van der Waals surface area contributed by atoms with Gasteiger partial charge in [0.25, 0.3) is 5.91 Å². The van der Waals surface area contributed by atoms with Gasteiger partial charge < -0.3 is 4.74 Å². The first-order valence-corrected chi connectivity index (χ1v) is 11.4. The molecular formula is C23H27F3N6O4. The number of ether oxygens (including phenoxy) is 1. The maximum absolute atomic E-state index is 13.1. The number of rotatable bonds is 5. The molecule has 2 N–H and O–H groups in total. The summed E-state index contributed by atoms with van der Waals surface area (Å²) in [6.45, 7) is 0.496. The van der Waals surface area contributed by atoms with E-state index in [-0.39, 0.29) is 11.6 Å². The van der Waals surface area contributed by atoms with E-state index in [0.29, 0.717) is 38.0 Å². The molecule has 0 unspecified atom stereocenters. The molecule has 36 heavy (non-hydrogen) atoms. The Morgan fingerprint density at radius 1 is 1.11 bits per heavy atom. The summed E-state index contributed by atoms with van der Waals surface area (Å²) in [5.41, 5.74) is 3.75. The number of alkyl halides is 3. The van der Waals surface area contributed by atoms with Crippen LogP contribution in [-0.4, -0.2) is 37.8 Å². The fourth-order valence-electron chi connectivity index (χ4n) is 4.71. The average molecular weight is 509 g/mol. The predicted octanol–water partition coefficient (Wildman–Crippen LogP) is 2.37. The lowest BCUT2D eigenvalue weighted by Gasteiger charge is -2.28. The summed E-state index contributed by atoms with van der Waals surface area (Å²) in [5, 5.41) is 3.28. The number of methoxy groups -OCH3 is 1. The zero-order valence-electron chi connectivity index (χ0n) is 20.1. The SMILES string of the molecule is COc1ccc2c(c1)n(CC1CCC(C(=O)NNC(=O)c3cn(C)nc3C(F)(F)F)CC1)c(=O)n2C. The minimum Gasteiger partial charge on any atom is -0.497 e. The number of fused-ring (bicyclic) bond motifs is 1. The van der Waals surface area contributed by atoms with Gasteiger partial charge in [0.2, 0.25) is 5.91 Å². The van der Waals surface area contributed by atoms with Crippen LogP contribution in [-0.2, 0) is 31.6 Å². The van der Waals surface area contributed by atoms with Gasteiger partial charge in [0.15, 0.2) is 5.69 Å². The lowest BCUT2D eigenvalue weighted by atomic mass is 9.81. The highest BCUT2D eigenvalue weighted by Crippen LogP contribution is 2.32. The van der Waals surface area contributed by atoms with Gasteiger partial charge in [0, 0.05) is 38.8 Å². The summed E-state index contributed by atoms with van der Waals surface area (Å²) in [7, 11) is 4.55. The second-order valence-corrected chi connectivity index (χ2v) is 9.03. The highest BCUT2D eigenvalue weighted by Gasteiger charge is 2.39. The number of amides is 2. The molecule has 194 valence electrons. The smallest absolute Gasteiger partial charge is 0.435 e. The maximum atomic E-state index is 13.1. The Bertz CT molecular complexity index is 1350. The van der Waals surface area contributed by atoms with Crippen molar-refractivity contribution in [3.63, 3.8) is 0 Å². The number of hydrogen-bond donors (Lipinski definition) is 2. The van der Waals surface area contributed by atoms with Crippen LogP contribution in [0.3, 0.4) is 0 Å². The number of imidazole rings is 1. The first kappa shape index (κ1) is 25.3. The third-order valence-electron chi connectivity index (χ3n) is 6.65. The molecule has 2 aromatic heterocycles. The molecule has 1 saturated carbocycles. The van der Waals surface area contributed by atoms with Crippen molar-refractivity contribution in [2.24, 2.45) is 25.9 Å². The molecule has 0 aliphatic heterocycles. The van der Waals surface area contributed by atoms with Crippen LogP contribution in [0, 0.1) is 11.8 Å². The number of aromatic nitrogens is 4. The lowest BCUT2D eigenvalue weighted by molar-refractivity contribution is -0.141. The zero-order valence-corrected chi connectivity index (χ0v) is 20.1. The van der Waals surface area contributed by atoms with E-state index in [1.54, 1.807) is 29.4 Å². The van der Waals surface area contributed by atoms with E-state index in [9.17, 15) is 27.6 Å². The molecule has 13 heteroatoms. The van der Waals surface area contributed by atoms with Gasteiger partial charge in [-0.15, -0.1) is 0 Å².